The van der Waals surface area contributed by atoms with Crippen LogP contribution < -0.4 is 10.1 Å². The number of H-pyrrole nitrogens is 1. The van der Waals surface area contributed by atoms with Crippen LogP contribution in [-0.4, -0.2) is 46.7 Å². The molecule has 0 bridgehead atoms. The first-order chi connectivity index (χ1) is 11.8. The lowest BCUT2D eigenvalue weighted by atomic mass is 10.0. The Bertz CT molecular complexity index is 755. The molecule has 126 valence electrons. The van der Waals surface area contributed by atoms with Crippen molar-refractivity contribution in [2.45, 2.75) is 32.4 Å². The smallest absolute Gasteiger partial charge is 0.269 e. The third-order valence-electron chi connectivity index (χ3n) is 5.01. The highest BCUT2D eigenvalue weighted by Crippen LogP contribution is 2.36. The van der Waals surface area contributed by atoms with Crippen LogP contribution in [-0.2, 0) is 6.61 Å². The molecule has 24 heavy (non-hydrogen) atoms. The summed E-state index contributed by atoms with van der Waals surface area (Å²) in [5.74, 6) is 0.711. The van der Waals surface area contributed by atoms with Crippen molar-refractivity contribution < 1.29 is 9.53 Å². The van der Waals surface area contributed by atoms with Crippen LogP contribution in [0.15, 0.2) is 24.3 Å². The van der Waals surface area contributed by atoms with E-state index in [-0.39, 0.29) is 5.91 Å². The zero-order valence-electron chi connectivity index (χ0n) is 13.8. The molecule has 1 amide bonds. The highest BCUT2D eigenvalue weighted by molar-refractivity contribution is 5.96. The number of likely N-dealkylation sites (tertiary alicyclic amines) is 1. The fraction of sp³-hybridized carbons (Fsp3) is 0.444. The van der Waals surface area contributed by atoms with Crippen molar-refractivity contribution in [1.29, 1.82) is 0 Å². The normalized spacial score (nSPS) is 19.5. The summed E-state index contributed by atoms with van der Waals surface area (Å²) in [6, 6.07) is 8.21. The van der Waals surface area contributed by atoms with Crippen molar-refractivity contribution >= 4 is 5.91 Å². The largest absolute Gasteiger partial charge is 0.488 e. The minimum atomic E-state index is -0.102. The highest BCUT2D eigenvalue weighted by atomic mass is 16.5. The SMILES string of the molecule is CCN1CCC[C@@H]1CNC(=O)c1[nH]nc2c1COc1ccccc1-2. The van der Waals surface area contributed by atoms with Crippen LogP contribution in [0.1, 0.15) is 35.8 Å². The molecule has 4 rings (SSSR count). The number of hydrogen-bond acceptors (Lipinski definition) is 4. The number of likely N-dealkylation sites (N-methyl/N-ethyl adjacent to an activating group) is 1. The Balaban J connectivity index is 1.50. The second-order valence-corrected chi connectivity index (χ2v) is 6.35. The number of nitrogens with zero attached hydrogens (tertiary/aromatic N) is 2. The van der Waals surface area contributed by atoms with E-state index in [1.165, 1.54) is 6.42 Å². The molecule has 0 aliphatic carbocycles. The van der Waals surface area contributed by atoms with Gasteiger partial charge in [-0.25, -0.2) is 0 Å². The molecule has 3 heterocycles. The Labute approximate surface area is 141 Å². The molecule has 6 nitrogen and oxygen atoms in total. The first-order valence-corrected chi connectivity index (χ1v) is 8.59. The zero-order chi connectivity index (χ0) is 16.5. The standard InChI is InChI=1S/C18H22N4O2/c1-2-22-9-5-6-12(22)10-19-18(23)17-14-11-24-15-8-4-3-7-13(15)16(14)20-21-17/h3-4,7-8,12H,2,5-6,9-11H2,1H3,(H,19,23)(H,20,21)/t12-/m1/s1. The van der Waals surface area contributed by atoms with Gasteiger partial charge in [-0.1, -0.05) is 19.1 Å². The van der Waals surface area contributed by atoms with Crippen molar-refractivity contribution in [1.82, 2.24) is 20.4 Å². The number of carbonyl (C=O) groups excluding carboxylic acids is 1. The predicted octanol–water partition coefficient (Wildman–Crippen LogP) is 2.18. The minimum absolute atomic E-state index is 0.102. The lowest BCUT2D eigenvalue weighted by Crippen LogP contribution is -2.40. The second-order valence-electron chi connectivity index (χ2n) is 6.35. The number of benzene rings is 1. The summed E-state index contributed by atoms with van der Waals surface area (Å²) in [7, 11) is 0. The first-order valence-electron chi connectivity index (χ1n) is 8.59. The average Bonchev–Trinajstić information content (AvgIpc) is 3.26. The van der Waals surface area contributed by atoms with E-state index < -0.39 is 0 Å². The number of rotatable bonds is 4. The topological polar surface area (TPSA) is 70.2 Å². The molecule has 6 heteroatoms. The van der Waals surface area contributed by atoms with Crippen molar-refractivity contribution in [3.05, 3.63) is 35.5 Å². The van der Waals surface area contributed by atoms with Crippen molar-refractivity contribution in [3.63, 3.8) is 0 Å². The quantitative estimate of drug-likeness (QED) is 0.903. The van der Waals surface area contributed by atoms with Crippen LogP contribution in [0.2, 0.25) is 0 Å². The summed E-state index contributed by atoms with van der Waals surface area (Å²) in [5, 5.41) is 10.3. The molecule has 0 unspecified atom stereocenters. The van der Waals surface area contributed by atoms with Crippen molar-refractivity contribution in [2.24, 2.45) is 0 Å². The molecule has 2 aliphatic heterocycles. The van der Waals surface area contributed by atoms with Crippen LogP contribution in [0, 0.1) is 0 Å². The molecule has 1 atom stereocenters. The molecular formula is C18H22N4O2. The van der Waals surface area contributed by atoms with Crippen LogP contribution in [0.25, 0.3) is 11.3 Å². The summed E-state index contributed by atoms with van der Waals surface area (Å²) < 4.78 is 5.76. The number of ether oxygens (including phenoxy) is 1. The molecule has 1 aromatic heterocycles. The van der Waals surface area contributed by atoms with Crippen molar-refractivity contribution in [2.75, 3.05) is 19.6 Å². The van der Waals surface area contributed by atoms with Gasteiger partial charge in [0.15, 0.2) is 0 Å². The molecule has 1 saturated heterocycles. The molecule has 0 spiro atoms. The van der Waals surface area contributed by atoms with Gasteiger partial charge in [-0.3, -0.25) is 14.8 Å². The molecule has 2 N–H and O–H groups in total. The number of hydrogen-bond donors (Lipinski definition) is 2. The van der Waals surface area contributed by atoms with Gasteiger partial charge < -0.3 is 10.1 Å². The summed E-state index contributed by atoms with van der Waals surface area (Å²) in [4.78, 5) is 15.0. The maximum atomic E-state index is 12.6. The Hall–Kier alpha value is -2.34. The Morgan fingerprint density at radius 3 is 3.21 bits per heavy atom. The van der Waals surface area contributed by atoms with E-state index in [1.54, 1.807) is 0 Å². The fourth-order valence-corrected chi connectivity index (χ4v) is 3.70. The zero-order valence-corrected chi connectivity index (χ0v) is 13.8. The second kappa shape index (κ2) is 6.28. The number of amides is 1. The molecule has 0 saturated carbocycles. The van der Waals surface area contributed by atoms with Gasteiger partial charge in [0, 0.05) is 23.7 Å². The summed E-state index contributed by atoms with van der Waals surface area (Å²) in [5.41, 5.74) is 3.10. The van der Waals surface area contributed by atoms with Gasteiger partial charge in [-0.2, -0.15) is 5.10 Å². The van der Waals surface area contributed by atoms with Gasteiger partial charge in [0.1, 0.15) is 23.7 Å². The Morgan fingerprint density at radius 2 is 2.33 bits per heavy atom. The monoisotopic (exact) mass is 326 g/mol. The lowest BCUT2D eigenvalue weighted by molar-refractivity contribution is 0.0933. The number of aromatic nitrogens is 2. The van der Waals surface area contributed by atoms with E-state index in [9.17, 15) is 4.79 Å². The third kappa shape index (κ3) is 2.57. The number of para-hydroxylation sites is 1. The average molecular weight is 326 g/mol. The summed E-state index contributed by atoms with van der Waals surface area (Å²) >= 11 is 0. The van der Waals surface area contributed by atoms with Crippen LogP contribution >= 0.6 is 0 Å². The van der Waals surface area contributed by atoms with Gasteiger partial charge in [-0.15, -0.1) is 0 Å². The maximum Gasteiger partial charge on any atom is 0.269 e. The summed E-state index contributed by atoms with van der Waals surface area (Å²) in [6.07, 6.45) is 2.35. The number of nitrogens with one attached hydrogen (secondary N) is 2. The molecule has 0 radical (unpaired) electrons. The fourth-order valence-electron chi connectivity index (χ4n) is 3.70. The Morgan fingerprint density at radius 1 is 1.46 bits per heavy atom. The highest BCUT2D eigenvalue weighted by Gasteiger charge is 2.28. The lowest BCUT2D eigenvalue weighted by Gasteiger charge is -2.23. The molecule has 2 aromatic rings. The van der Waals surface area contributed by atoms with Gasteiger partial charge in [0.05, 0.1) is 0 Å². The predicted molar refractivity (Wildman–Crippen MR) is 91.0 cm³/mol. The number of aromatic amines is 1. The molecule has 1 aromatic carbocycles. The summed E-state index contributed by atoms with van der Waals surface area (Å²) in [6.45, 7) is 5.37. The van der Waals surface area contributed by atoms with Gasteiger partial charge in [-0.05, 0) is 38.1 Å². The van der Waals surface area contributed by atoms with E-state index in [0.29, 0.717) is 24.9 Å². The molecule has 2 aliphatic rings. The molecular weight excluding hydrogens is 304 g/mol. The first kappa shape index (κ1) is 15.2. The number of carbonyl (C=O) groups is 1. The minimum Gasteiger partial charge on any atom is -0.488 e. The molecule has 1 fully saturated rings. The van der Waals surface area contributed by atoms with E-state index in [0.717, 1.165) is 42.1 Å². The van der Waals surface area contributed by atoms with Gasteiger partial charge >= 0.3 is 0 Å². The van der Waals surface area contributed by atoms with E-state index in [4.69, 9.17) is 4.74 Å². The maximum absolute atomic E-state index is 12.6. The van der Waals surface area contributed by atoms with E-state index >= 15 is 0 Å². The van der Waals surface area contributed by atoms with Gasteiger partial charge in [0.25, 0.3) is 5.91 Å². The van der Waals surface area contributed by atoms with E-state index in [1.807, 2.05) is 24.3 Å². The van der Waals surface area contributed by atoms with Crippen LogP contribution in [0.5, 0.6) is 5.75 Å². The van der Waals surface area contributed by atoms with Crippen LogP contribution in [0.4, 0.5) is 0 Å². The van der Waals surface area contributed by atoms with Gasteiger partial charge in [0.2, 0.25) is 0 Å². The van der Waals surface area contributed by atoms with Crippen molar-refractivity contribution in [3.8, 4) is 17.0 Å². The Kier molecular flexibility index (Phi) is 3.98. The third-order valence-corrected chi connectivity index (χ3v) is 5.01. The van der Waals surface area contributed by atoms with Crippen LogP contribution in [0.3, 0.4) is 0 Å². The number of fused-ring (bicyclic) bond motifs is 3. The van der Waals surface area contributed by atoms with E-state index in [2.05, 4.69) is 27.3 Å².